The minimum Gasteiger partial charge on any atom is -0.493 e. The Hall–Kier alpha value is -2.62. The van der Waals surface area contributed by atoms with E-state index in [1.165, 1.54) is 24.3 Å². The van der Waals surface area contributed by atoms with E-state index in [0.717, 1.165) is 0 Å². The number of aromatic nitrogens is 2. The van der Waals surface area contributed by atoms with Crippen LogP contribution in [0.25, 0.3) is 0 Å². The summed E-state index contributed by atoms with van der Waals surface area (Å²) in [6, 6.07) is 5.25. The van der Waals surface area contributed by atoms with Crippen LogP contribution in [-0.2, 0) is 0 Å². The summed E-state index contributed by atoms with van der Waals surface area (Å²) in [6.45, 7) is -2.92. The maximum Gasteiger partial charge on any atom is 0.387 e. The number of aromatic amines is 2. The second-order valence-corrected chi connectivity index (χ2v) is 4.09. The van der Waals surface area contributed by atoms with Crippen LogP contribution in [0.2, 0.25) is 0 Å². The number of rotatable bonds is 4. The van der Waals surface area contributed by atoms with Crippen LogP contribution in [0.5, 0.6) is 11.6 Å². The van der Waals surface area contributed by atoms with Gasteiger partial charge in [-0.15, -0.1) is 5.11 Å². The number of aromatic hydroxyl groups is 1. The van der Waals surface area contributed by atoms with Crippen molar-refractivity contribution in [2.45, 2.75) is 6.61 Å². The number of alkyl halides is 2. The lowest BCUT2D eigenvalue weighted by Crippen LogP contribution is -2.06. The summed E-state index contributed by atoms with van der Waals surface area (Å²) in [7, 11) is 0. The zero-order valence-electron chi connectivity index (χ0n) is 10.2. The number of azo groups is 1. The summed E-state index contributed by atoms with van der Waals surface area (Å²) in [4.78, 5) is 16.0. The molecule has 1 aromatic heterocycles. The van der Waals surface area contributed by atoms with E-state index < -0.39 is 18.1 Å². The molecule has 110 valence electrons. The second-order valence-electron chi connectivity index (χ2n) is 3.68. The molecule has 0 aliphatic heterocycles. The number of nitrogens with zero attached hydrogens (tertiary/aromatic N) is 2. The molecule has 10 heteroatoms. The molecule has 0 unspecified atom stereocenters. The molecule has 0 radical (unpaired) electrons. The molecule has 0 atom stereocenters. The topological polar surface area (TPSA) is 103 Å². The van der Waals surface area contributed by atoms with Gasteiger partial charge < -0.3 is 14.8 Å². The number of hydrogen-bond donors (Lipinski definition) is 3. The van der Waals surface area contributed by atoms with E-state index in [0.29, 0.717) is 0 Å². The molecule has 0 aliphatic carbocycles. The highest BCUT2D eigenvalue weighted by atomic mass is 32.1. The molecule has 21 heavy (non-hydrogen) atoms. The third kappa shape index (κ3) is 3.92. The SMILES string of the molecule is O=c1[nH]c(=S)[nH]c(O)c1N=Nc1ccc(OC(F)F)cc1. The van der Waals surface area contributed by atoms with Crippen LogP contribution < -0.4 is 10.3 Å². The predicted molar refractivity (Wildman–Crippen MR) is 71.2 cm³/mol. The molecule has 0 saturated heterocycles. The fourth-order valence-electron chi connectivity index (χ4n) is 1.36. The summed E-state index contributed by atoms with van der Waals surface area (Å²) in [5, 5.41) is 16.8. The smallest absolute Gasteiger partial charge is 0.387 e. The van der Waals surface area contributed by atoms with Gasteiger partial charge in [-0.1, -0.05) is 0 Å². The van der Waals surface area contributed by atoms with Gasteiger partial charge in [-0.3, -0.25) is 9.78 Å². The third-order valence-electron chi connectivity index (χ3n) is 2.23. The van der Waals surface area contributed by atoms with Crippen molar-refractivity contribution >= 4 is 23.6 Å². The zero-order valence-corrected chi connectivity index (χ0v) is 11.0. The molecule has 2 aromatic rings. The Labute approximate surface area is 120 Å². The molecule has 2 rings (SSSR count). The molecular formula is C11H8F2N4O3S. The predicted octanol–water partition coefficient (Wildman–Crippen LogP) is 3.15. The van der Waals surface area contributed by atoms with Gasteiger partial charge in [0, 0.05) is 0 Å². The summed E-state index contributed by atoms with van der Waals surface area (Å²) < 4.78 is 28.1. The van der Waals surface area contributed by atoms with Crippen LogP contribution in [-0.4, -0.2) is 21.7 Å². The van der Waals surface area contributed by atoms with Crippen molar-refractivity contribution in [1.29, 1.82) is 0 Å². The molecular weight excluding hydrogens is 306 g/mol. The highest BCUT2D eigenvalue weighted by Gasteiger charge is 2.06. The first-order chi connectivity index (χ1) is 9.95. The van der Waals surface area contributed by atoms with Crippen LogP contribution in [0.4, 0.5) is 20.2 Å². The Bertz CT molecular complexity index is 770. The number of H-pyrrole nitrogens is 2. The number of nitrogens with one attached hydrogen (secondary N) is 2. The number of hydrogen-bond acceptors (Lipinski definition) is 6. The number of ether oxygens (including phenoxy) is 1. The van der Waals surface area contributed by atoms with E-state index >= 15 is 0 Å². The van der Waals surface area contributed by atoms with Gasteiger partial charge in [0.25, 0.3) is 5.56 Å². The molecule has 0 spiro atoms. The third-order valence-corrected chi connectivity index (χ3v) is 2.43. The van der Waals surface area contributed by atoms with Crippen molar-refractivity contribution in [3.63, 3.8) is 0 Å². The van der Waals surface area contributed by atoms with Gasteiger partial charge >= 0.3 is 6.61 Å². The summed E-state index contributed by atoms with van der Waals surface area (Å²) in [5.74, 6) is -0.557. The van der Waals surface area contributed by atoms with Crippen molar-refractivity contribution in [1.82, 2.24) is 9.97 Å². The normalized spacial score (nSPS) is 11.2. The minimum absolute atomic E-state index is 0.0339. The Morgan fingerprint density at radius 3 is 2.43 bits per heavy atom. The van der Waals surface area contributed by atoms with Crippen LogP contribution >= 0.6 is 12.2 Å². The second kappa shape index (κ2) is 6.22. The van der Waals surface area contributed by atoms with Gasteiger partial charge in [-0.25, -0.2) is 0 Å². The minimum atomic E-state index is -2.92. The van der Waals surface area contributed by atoms with Gasteiger partial charge in [0.05, 0.1) is 5.69 Å². The van der Waals surface area contributed by atoms with Crippen molar-refractivity contribution in [2.75, 3.05) is 0 Å². The van der Waals surface area contributed by atoms with Crippen LogP contribution in [0, 0.1) is 4.77 Å². The molecule has 0 amide bonds. The van der Waals surface area contributed by atoms with Gasteiger partial charge in [0.15, 0.2) is 4.77 Å². The molecule has 7 nitrogen and oxygen atoms in total. The average Bonchev–Trinajstić information content (AvgIpc) is 2.38. The molecule has 0 bridgehead atoms. The van der Waals surface area contributed by atoms with E-state index in [2.05, 4.69) is 37.2 Å². The van der Waals surface area contributed by atoms with E-state index in [1.54, 1.807) is 0 Å². The van der Waals surface area contributed by atoms with Crippen LogP contribution in [0.15, 0.2) is 39.3 Å². The largest absolute Gasteiger partial charge is 0.493 e. The Balaban J connectivity index is 2.22. The van der Waals surface area contributed by atoms with Crippen molar-refractivity contribution in [2.24, 2.45) is 10.2 Å². The fraction of sp³-hybridized carbons (Fsp3) is 0.0909. The number of benzene rings is 1. The van der Waals surface area contributed by atoms with Gasteiger partial charge in [-0.2, -0.15) is 13.9 Å². The molecule has 0 fully saturated rings. The summed E-state index contributed by atoms with van der Waals surface area (Å²) in [5.41, 5.74) is -0.785. The monoisotopic (exact) mass is 314 g/mol. The fourth-order valence-corrected chi connectivity index (χ4v) is 1.55. The summed E-state index contributed by atoms with van der Waals surface area (Å²) >= 11 is 4.65. The van der Waals surface area contributed by atoms with E-state index in [9.17, 15) is 18.7 Å². The molecule has 0 aliphatic rings. The summed E-state index contributed by atoms with van der Waals surface area (Å²) in [6.07, 6.45) is 0. The van der Waals surface area contributed by atoms with Crippen LogP contribution in [0.3, 0.4) is 0 Å². The van der Waals surface area contributed by atoms with Gasteiger partial charge in [-0.05, 0) is 36.5 Å². The van der Waals surface area contributed by atoms with Crippen molar-refractivity contribution in [3.05, 3.63) is 39.4 Å². The lowest BCUT2D eigenvalue weighted by Gasteiger charge is -2.03. The van der Waals surface area contributed by atoms with Crippen molar-refractivity contribution in [3.8, 4) is 11.6 Å². The Kier molecular flexibility index (Phi) is 4.38. The molecule has 1 heterocycles. The van der Waals surface area contributed by atoms with E-state index in [-0.39, 0.29) is 21.9 Å². The lowest BCUT2D eigenvalue weighted by atomic mass is 10.3. The first-order valence-corrected chi connectivity index (χ1v) is 5.88. The highest BCUT2D eigenvalue weighted by molar-refractivity contribution is 7.71. The first-order valence-electron chi connectivity index (χ1n) is 5.48. The van der Waals surface area contributed by atoms with E-state index in [1.807, 2.05) is 0 Å². The molecule has 0 saturated carbocycles. The van der Waals surface area contributed by atoms with E-state index in [4.69, 9.17) is 0 Å². The van der Waals surface area contributed by atoms with Crippen LogP contribution in [0.1, 0.15) is 0 Å². The highest BCUT2D eigenvalue weighted by Crippen LogP contribution is 2.23. The molecule has 1 aromatic carbocycles. The lowest BCUT2D eigenvalue weighted by molar-refractivity contribution is -0.0498. The number of halogens is 2. The van der Waals surface area contributed by atoms with Gasteiger partial charge in [0.2, 0.25) is 11.6 Å². The first kappa shape index (κ1) is 14.8. The maximum atomic E-state index is 12.0. The Morgan fingerprint density at radius 2 is 1.86 bits per heavy atom. The zero-order chi connectivity index (χ0) is 15.4. The average molecular weight is 314 g/mol. The maximum absolute atomic E-state index is 12.0. The van der Waals surface area contributed by atoms with Gasteiger partial charge in [0.1, 0.15) is 5.75 Å². The Morgan fingerprint density at radius 1 is 1.19 bits per heavy atom. The quantitative estimate of drug-likeness (QED) is 0.595. The standard InChI is InChI=1S/C11H8F2N4O3S/c12-10(13)20-6-3-1-5(2-4-6)16-17-7-8(18)14-11(21)15-9(7)19/h1-4,10H,(H3,14,15,18,19,21). The molecule has 3 N–H and O–H groups in total. The van der Waals surface area contributed by atoms with Crippen molar-refractivity contribution < 1.29 is 18.6 Å².